The number of para-hydroxylation sites is 1. The van der Waals surface area contributed by atoms with Crippen molar-refractivity contribution in [3.63, 3.8) is 0 Å². The zero-order chi connectivity index (χ0) is 17.1. The van der Waals surface area contributed by atoms with E-state index in [0.717, 1.165) is 61.0 Å². The zero-order valence-electron chi connectivity index (χ0n) is 14.4. The first-order chi connectivity index (χ1) is 12.3. The predicted molar refractivity (Wildman–Crippen MR) is 96.6 cm³/mol. The summed E-state index contributed by atoms with van der Waals surface area (Å²) in [6, 6.07) is 12.4. The van der Waals surface area contributed by atoms with Crippen molar-refractivity contribution in [3.8, 4) is 0 Å². The number of aromatic nitrogens is 2. The highest BCUT2D eigenvalue weighted by molar-refractivity contribution is 5.81. The third-order valence-corrected chi connectivity index (χ3v) is 4.39. The number of rotatable bonds is 5. The molecule has 1 aliphatic heterocycles. The van der Waals surface area contributed by atoms with Crippen molar-refractivity contribution in [2.45, 2.75) is 20.0 Å². The molecule has 0 aliphatic carbocycles. The van der Waals surface area contributed by atoms with Crippen molar-refractivity contribution in [2.24, 2.45) is 0 Å². The van der Waals surface area contributed by atoms with Gasteiger partial charge < -0.3 is 19.5 Å². The number of hydrogen-bond donors (Lipinski definition) is 1. The number of benzene rings is 1. The largest absolute Gasteiger partial charge is 0.378 e. The summed E-state index contributed by atoms with van der Waals surface area (Å²) in [7, 11) is 0. The SMILES string of the molecule is Cc1cc(CNCc2cc3ccccc3nc2N2CCOCC2)no1. The lowest BCUT2D eigenvalue weighted by atomic mass is 10.1. The molecule has 6 heteroatoms. The minimum Gasteiger partial charge on any atom is -0.378 e. The number of ether oxygens (including phenoxy) is 1. The van der Waals surface area contributed by atoms with E-state index in [1.54, 1.807) is 0 Å². The van der Waals surface area contributed by atoms with Crippen LogP contribution < -0.4 is 10.2 Å². The molecule has 25 heavy (non-hydrogen) atoms. The van der Waals surface area contributed by atoms with Gasteiger partial charge in [-0.15, -0.1) is 0 Å². The van der Waals surface area contributed by atoms with Crippen molar-refractivity contribution in [1.29, 1.82) is 0 Å². The van der Waals surface area contributed by atoms with E-state index >= 15 is 0 Å². The lowest BCUT2D eigenvalue weighted by molar-refractivity contribution is 0.122. The summed E-state index contributed by atoms with van der Waals surface area (Å²) in [4.78, 5) is 7.24. The second-order valence-corrected chi connectivity index (χ2v) is 6.30. The molecule has 2 aromatic heterocycles. The summed E-state index contributed by atoms with van der Waals surface area (Å²) < 4.78 is 10.6. The number of nitrogens with one attached hydrogen (secondary N) is 1. The van der Waals surface area contributed by atoms with Crippen LogP contribution in [0.1, 0.15) is 17.0 Å². The molecule has 1 N–H and O–H groups in total. The van der Waals surface area contributed by atoms with Crippen molar-refractivity contribution in [2.75, 3.05) is 31.2 Å². The monoisotopic (exact) mass is 338 g/mol. The molecule has 1 aromatic carbocycles. The second-order valence-electron chi connectivity index (χ2n) is 6.30. The summed E-state index contributed by atoms with van der Waals surface area (Å²) >= 11 is 0. The maximum absolute atomic E-state index is 5.49. The number of hydrogen-bond acceptors (Lipinski definition) is 6. The van der Waals surface area contributed by atoms with Crippen LogP contribution in [0.5, 0.6) is 0 Å². The highest BCUT2D eigenvalue weighted by Crippen LogP contribution is 2.24. The van der Waals surface area contributed by atoms with E-state index < -0.39 is 0 Å². The molecular weight excluding hydrogens is 316 g/mol. The van der Waals surface area contributed by atoms with Crippen LogP contribution in [0, 0.1) is 6.92 Å². The fourth-order valence-corrected chi connectivity index (χ4v) is 3.16. The minimum atomic E-state index is 0.673. The lowest BCUT2D eigenvalue weighted by Crippen LogP contribution is -2.37. The molecule has 0 radical (unpaired) electrons. The van der Waals surface area contributed by atoms with E-state index in [1.165, 1.54) is 5.56 Å². The first-order valence-electron chi connectivity index (χ1n) is 8.64. The van der Waals surface area contributed by atoms with Gasteiger partial charge in [-0.3, -0.25) is 0 Å². The quantitative estimate of drug-likeness (QED) is 0.772. The van der Waals surface area contributed by atoms with E-state index in [2.05, 4.69) is 33.6 Å². The van der Waals surface area contributed by atoms with Crippen LogP contribution >= 0.6 is 0 Å². The molecule has 0 unspecified atom stereocenters. The van der Waals surface area contributed by atoms with Crippen molar-refractivity contribution in [3.05, 3.63) is 53.4 Å². The van der Waals surface area contributed by atoms with Crippen molar-refractivity contribution < 1.29 is 9.26 Å². The van der Waals surface area contributed by atoms with Crippen LogP contribution in [-0.2, 0) is 17.8 Å². The molecule has 0 saturated carbocycles. The first-order valence-corrected chi connectivity index (χ1v) is 8.64. The Morgan fingerprint density at radius 3 is 2.76 bits per heavy atom. The van der Waals surface area contributed by atoms with Gasteiger partial charge >= 0.3 is 0 Å². The topological polar surface area (TPSA) is 63.4 Å². The molecule has 4 rings (SSSR count). The fourth-order valence-electron chi connectivity index (χ4n) is 3.16. The van der Waals surface area contributed by atoms with Gasteiger partial charge in [0.15, 0.2) is 0 Å². The highest BCUT2D eigenvalue weighted by Gasteiger charge is 2.17. The predicted octanol–water partition coefficient (Wildman–Crippen LogP) is 2.66. The van der Waals surface area contributed by atoms with Gasteiger partial charge in [-0.1, -0.05) is 23.4 Å². The van der Waals surface area contributed by atoms with Gasteiger partial charge in [0.2, 0.25) is 0 Å². The molecule has 1 aliphatic rings. The molecule has 130 valence electrons. The van der Waals surface area contributed by atoms with Gasteiger partial charge in [-0.2, -0.15) is 0 Å². The Labute approximate surface area is 146 Å². The van der Waals surface area contributed by atoms with Gasteiger partial charge in [0.1, 0.15) is 11.6 Å². The molecule has 0 spiro atoms. The van der Waals surface area contributed by atoms with Gasteiger partial charge in [-0.25, -0.2) is 4.98 Å². The molecule has 1 fully saturated rings. The molecule has 0 atom stereocenters. The number of fused-ring (bicyclic) bond motifs is 1. The summed E-state index contributed by atoms with van der Waals surface area (Å²) in [6.07, 6.45) is 0. The third kappa shape index (κ3) is 3.65. The molecule has 0 bridgehead atoms. The molecule has 6 nitrogen and oxygen atoms in total. The van der Waals surface area contributed by atoms with E-state index in [0.29, 0.717) is 6.54 Å². The number of morpholine rings is 1. The number of pyridine rings is 1. The van der Waals surface area contributed by atoms with E-state index in [4.69, 9.17) is 14.2 Å². The normalized spacial score (nSPS) is 15.0. The molecular formula is C19H22N4O2. The Kier molecular flexibility index (Phi) is 4.63. The van der Waals surface area contributed by atoms with Crippen LogP contribution in [0.3, 0.4) is 0 Å². The smallest absolute Gasteiger partial charge is 0.133 e. The van der Waals surface area contributed by atoms with Crippen LogP contribution in [0.4, 0.5) is 5.82 Å². The van der Waals surface area contributed by atoms with E-state index in [9.17, 15) is 0 Å². The zero-order valence-corrected chi connectivity index (χ0v) is 14.4. The van der Waals surface area contributed by atoms with Gasteiger partial charge in [0.25, 0.3) is 0 Å². The third-order valence-electron chi connectivity index (χ3n) is 4.39. The number of anilines is 1. The van der Waals surface area contributed by atoms with Crippen molar-refractivity contribution in [1.82, 2.24) is 15.5 Å². The summed E-state index contributed by atoms with van der Waals surface area (Å²) in [5.41, 5.74) is 3.14. The van der Waals surface area contributed by atoms with Crippen LogP contribution in [0.15, 0.2) is 40.9 Å². The van der Waals surface area contributed by atoms with Gasteiger partial charge in [0, 0.05) is 43.2 Å². The second kappa shape index (κ2) is 7.21. The lowest BCUT2D eigenvalue weighted by Gasteiger charge is -2.30. The Hall–Kier alpha value is -2.44. The average Bonchev–Trinajstić information content (AvgIpc) is 3.07. The van der Waals surface area contributed by atoms with E-state index in [1.807, 2.05) is 25.1 Å². The van der Waals surface area contributed by atoms with Gasteiger partial charge in [0.05, 0.1) is 24.4 Å². The fraction of sp³-hybridized carbons (Fsp3) is 0.368. The Balaban J connectivity index is 1.58. The molecule has 3 aromatic rings. The number of aryl methyl sites for hydroxylation is 1. The standard InChI is InChI=1S/C19H22N4O2/c1-14-10-17(22-25-14)13-20-12-16-11-15-4-2-3-5-18(15)21-19(16)23-6-8-24-9-7-23/h2-5,10-11,20H,6-9,12-13H2,1H3. The molecule has 3 heterocycles. The van der Waals surface area contributed by atoms with Crippen LogP contribution in [-0.4, -0.2) is 36.4 Å². The molecule has 1 saturated heterocycles. The molecule has 0 amide bonds. The highest BCUT2D eigenvalue weighted by atomic mass is 16.5. The summed E-state index contributed by atoms with van der Waals surface area (Å²) in [5.74, 6) is 1.88. The Morgan fingerprint density at radius 1 is 1.12 bits per heavy atom. The maximum Gasteiger partial charge on any atom is 0.133 e. The van der Waals surface area contributed by atoms with E-state index in [-0.39, 0.29) is 0 Å². The maximum atomic E-state index is 5.49. The summed E-state index contributed by atoms with van der Waals surface area (Å²) in [6.45, 7) is 6.56. The minimum absolute atomic E-state index is 0.673. The first kappa shape index (κ1) is 16.1. The van der Waals surface area contributed by atoms with Gasteiger partial charge in [-0.05, 0) is 19.1 Å². The Bertz CT molecular complexity index is 856. The Morgan fingerprint density at radius 2 is 1.96 bits per heavy atom. The average molecular weight is 338 g/mol. The van der Waals surface area contributed by atoms with Crippen molar-refractivity contribution >= 4 is 16.7 Å². The number of nitrogens with zero attached hydrogens (tertiary/aromatic N) is 3. The van der Waals surface area contributed by atoms with Crippen LogP contribution in [0.25, 0.3) is 10.9 Å². The summed E-state index contributed by atoms with van der Waals surface area (Å²) in [5, 5.41) is 8.64. The van der Waals surface area contributed by atoms with Crippen LogP contribution in [0.2, 0.25) is 0 Å².